The lowest BCUT2D eigenvalue weighted by Gasteiger charge is -2.30. The zero-order valence-electron chi connectivity index (χ0n) is 15.3. The molecule has 0 atom stereocenters. The Morgan fingerprint density at radius 1 is 1.04 bits per heavy atom. The molecule has 25 heavy (non-hydrogen) atoms. The van der Waals surface area contributed by atoms with Gasteiger partial charge in [0.2, 0.25) is 11.8 Å². The van der Waals surface area contributed by atoms with Crippen molar-refractivity contribution in [2.24, 2.45) is 0 Å². The van der Waals surface area contributed by atoms with Gasteiger partial charge >= 0.3 is 0 Å². The van der Waals surface area contributed by atoms with Gasteiger partial charge in [0.1, 0.15) is 5.82 Å². The van der Waals surface area contributed by atoms with E-state index < -0.39 is 0 Å². The molecule has 0 unspecified atom stereocenters. The van der Waals surface area contributed by atoms with Crippen molar-refractivity contribution in [1.29, 1.82) is 0 Å². The smallest absolute Gasteiger partial charge is 0.234 e. The highest BCUT2D eigenvalue weighted by Gasteiger charge is 2.13. The predicted octanol–water partition coefficient (Wildman–Crippen LogP) is 2.73. The lowest BCUT2D eigenvalue weighted by molar-refractivity contribution is -0.118. The first kappa shape index (κ1) is 21.4. The van der Waals surface area contributed by atoms with Gasteiger partial charge in [-0.1, -0.05) is 0 Å². The summed E-state index contributed by atoms with van der Waals surface area (Å²) in [5.74, 6) is -0.227. The number of carbonyl (C=O) groups excluding carboxylic acids is 2. The first-order valence-corrected chi connectivity index (χ1v) is 9.60. The number of carbonyl (C=O) groups is 2. The number of amides is 2. The molecule has 0 saturated carbocycles. The van der Waals surface area contributed by atoms with Gasteiger partial charge < -0.3 is 10.6 Å². The molecule has 0 fully saturated rings. The Bertz CT molecular complexity index is 542. The molecule has 0 aliphatic carbocycles. The molecule has 0 bridgehead atoms. The van der Waals surface area contributed by atoms with E-state index in [1.165, 1.54) is 36.0 Å². The van der Waals surface area contributed by atoms with E-state index in [1.807, 2.05) is 0 Å². The predicted molar refractivity (Wildman–Crippen MR) is 102 cm³/mol. The molecule has 0 aliphatic rings. The number of halogens is 1. The maximum atomic E-state index is 12.8. The molecule has 2 amide bonds. The highest BCUT2D eigenvalue weighted by Crippen LogP contribution is 2.09. The summed E-state index contributed by atoms with van der Waals surface area (Å²) >= 11 is 1.25. The van der Waals surface area contributed by atoms with Gasteiger partial charge in [0.25, 0.3) is 0 Å². The molecule has 7 heteroatoms. The van der Waals surface area contributed by atoms with Crippen LogP contribution in [0.3, 0.4) is 0 Å². The number of hydrogen-bond acceptors (Lipinski definition) is 4. The van der Waals surface area contributed by atoms with Crippen molar-refractivity contribution in [2.45, 2.75) is 39.8 Å². The van der Waals surface area contributed by atoms with Crippen LogP contribution in [0.2, 0.25) is 0 Å². The lowest BCUT2D eigenvalue weighted by Crippen LogP contribution is -2.42. The van der Waals surface area contributed by atoms with E-state index in [0.29, 0.717) is 24.3 Å². The molecule has 5 nitrogen and oxygen atoms in total. The van der Waals surface area contributed by atoms with Gasteiger partial charge in [-0.2, -0.15) is 0 Å². The summed E-state index contributed by atoms with van der Waals surface area (Å²) in [7, 11) is 0. The Morgan fingerprint density at radius 3 is 2.16 bits per heavy atom. The summed E-state index contributed by atoms with van der Waals surface area (Å²) in [6.45, 7) is 9.94. The molecular weight excluding hydrogens is 341 g/mol. The molecular formula is C18H28FN3O2S. The SMILES string of the molecule is CC(C)N(CCNC(=O)CSCC(=O)Nc1ccc(F)cc1)C(C)C. The van der Waals surface area contributed by atoms with Crippen LogP contribution in [-0.4, -0.2) is 53.4 Å². The number of nitrogens with one attached hydrogen (secondary N) is 2. The quantitative estimate of drug-likeness (QED) is 0.666. The average Bonchev–Trinajstić information content (AvgIpc) is 2.53. The minimum Gasteiger partial charge on any atom is -0.354 e. The van der Waals surface area contributed by atoms with Crippen LogP contribution in [-0.2, 0) is 9.59 Å². The average molecular weight is 370 g/mol. The van der Waals surface area contributed by atoms with Gasteiger partial charge in [0.05, 0.1) is 11.5 Å². The van der Waals surface area contributed by atoms with Crippen molar-refractivity contribution in [3.63, 3.8) is 0 Å². The van der Waals surface area contributed by atoms with Crippen LogP contribution in [0.5, 0.6) is 0 Å². The molecule has 0 aliphatic heterocycles. The number of nitrogens with zero attached hydrogens (tertiary/aromatic N) is 1. The van der Waals surface area contributed by atoms with Crippen molar-refractivity contribution >= 4 is 29.3 Å². The second kappa shape index (κ2) is 11.1. The van der Waals surface area contributed by atoms with Crippen LogP contribution >= 0.6 is 11.8 Å². The number of benzene rings is 1. The summed E-state index contributed by atoms with van der Waals surface area (Å²) in [5, 5.41) is 5.54. The van der Waals surface area contributed by atoms with Crippen LogP contribution < -0.4 is 10.6 Å². The number of anilines is 1. The molecule has 0 saturated heterocycles. The summed E-state index contributed by atoms with van der Waals surface area (Å²) < 4.78 is 12.8. The maximum Gasteiger partial charge on any atom is 0.234 e. The van der Waals surface area contributed by atoms with Crippen molar-refractivity contribution < 1.29 is 14.0 Å². The Labute approximate surface area is 153 Å². The standard InChI is InChI=1S/C18H28FN3O2S/c1-13(2)22(14(3)4)10-9-20-17(23)11-25-12-18(24)21-16-7-5-15(19)6-8-16/h5-8,13-14H,9-12H2,1-4H3,(H,20,23)(H,21,24). The van der Waals surface area contributed by atoms with Crippen molar-refractivity contribution in [2.75, 3.05) is 29.9 Å². The fraction of sp³-hybridized carbons (Fsp3) is 0.556. The van der Waals surface area contributed by atoms with Gasteiger partial charge in [0.15, 0.2) is 0 Å². The molecule has 1 aromatic carbocycles. The second-order valence-electron chi connectivity index (χ2n) is 6.32. The van der Waals surface area contributed by atoms with E-state index in [4.69, 9.17) is 0 Å². The van der Waals surface area contributed by atoms with E-state index in [1.54, 1.807) is 0 Å². The third-order valence-electron chi connectivity index (χ3n) is 3.61. The van der Waals surface area contributed by atoms with Crippen LogP contribution in [0.1, 0.15) is 27.7 Å². The van der Waals surface area contributed by atoms with Gasteiger partial charge in [-0.15, -0.1) is 11.8 Å². The fourth-order valence-corrected chi connectivity index (χ4v) is 3.10. The third-order valence-corrected chi connectivity index (χ3v) is 4.55. The highest BCUT2D eigenvalue weighted by molar-refractivity contribution is 8.00. The van der Waals surface area contributed by atoms with Gasteiger partial charge in [0, 0.05) is 30.9 Å². The zero-order valence-corrected chi connectivity index (χ0v) is 16.2. The van der Waals surface area contributed by atoms with Gasteiger partial charge in [-0.05, 0) is 52.0 Å². The van der Waals surface area contributed by atoms with Crippen molar-refractivity contribution in [3.8, 4) is 0 Å². The van der Waals surface area contributed by atoms with E-state index in [0.717, 1.165) is 6.54 Å². The zero-order chi connectivity index (χ0) is 18.8. The van der Waals surface area contributed by atoms with E-state index in [-0.39, 0.29) is 29.1 Å². The minimum absolute atomic E-state index is 0.0768. The van der Waals surface area contributed by atoms with Gasteiger partial charge in [-0.3, -0.25) is 14.5 Å². The number of rotatable bonds is 10. The first-order chi connectivity index (χ1) is 11.8. The van der Waals surface area contributed by atoms with E-state index >= 15 is 0 Å². The Kier molecular flexibility index (Phi) is 9.52. The van der Waals surface area contributed by atoms with Crippen LogP contribution in [0.4, 0.5) is 10.1 Å². The third kappa shape index (κ3) is 8.88. The molecule has 0 spiro atoms. The maximum absolute atomic E-state index is 12.8. The first-order valence-electron chi connectivity index (χ1n) is 8.45. The summed E-state index contributed by atoms with van der Waals surface area (Å²) in [6.07, 6.45) is 0. The largest absolute Gasteiger partial charge is 0.354 e. The van der Waals surface area contributed by atoms with Crippen molar-refractivity contribution in [3.05, 3.63) is 30.1 Å². The number of thioether (sulfide) groups is 1. The molecule has 1 aromatic rings. The molecule has 0 radical (unpaired) electrons. The summed E-state index contributed by atoms with van der Waals surface area (Å²) in [6, 6.07) is 6.43. The van der Waals surface area contributed by atoms with E-state index in [9.17, 15) is 14.0 Å². The monoisotopic (exact) mass is 369 g/mol. The lowest BCUT2D eigenvalue weighted by atomic mass is 10.2. The Morgan fingerprint density at radius 2 is 1.60 bits per heavy atom. The Balaban J connectivity index is 2.19. The molecule has 0 heterocycles. The van der Waals surface area contributed by atoms with Gasteiger partial charge in [-0.25, -0.2) is 4.39 Å². The number of hydrogen-bond donors (Lipinski definition) is 2. The second-order valence-corrected chi connectivity index (χ2v) is 7.31. The van der Waals surface area contributed by atoms with E-state index in [2.05, 4.69) is 43.2 Å². The van der Waals surface area contributed by atoms with Crippen LogP contribution in [0.15, 0.2) is 24.3 Å². The molecule has 0 aromatic heterocycles. The minimum atomic E-state index is -0.349. The summed E-state index contributed by atoms with van der Waals surface area (Å²) in [4.78, 5) is 25.9. The fourth-order valence-electron chi connectivity index (χ4n) is 2.45. The molecule has 1 rings (SSSR count). The molecule has 2 N–H and O–H groups in total. The highest BCUT2D eigenvalue weighted by atomic mass is 32.2. The summed E-state index contributed by atoms with van der Waals surface area (Å²) in [5.41, 5.74) is 0.541. The van der Waals surface area contributed by atoms with Crippen LogP contribution in [0.25, 0.3) is 0 Å². The normalized spacial score (nSPS) is 11.2. The van der Waals surface area contributed by atoms with Crippen LogP contribution in [0, 0.1) is 5.82 Å². The van der Waals surface area contributed by atoms with Crippen molar-refractivity contribution in [1.82, 2.24) is 10.2 Å². The topological polar surface area (TPSA) is 61.4 Å². The molecule has 140 valence electrons. The Hall–Kier alpha value is -1.60.